The average molecular weight is 406 g/mol. The Morgan fingerprint density at radius 2 is 1.81 bits per heavy atom. The summed E-state index contributed by atoms with van der Waals surface area (Å²) in [5.41, 5.74) is 1.47. The highest BCUT2D eigenvalue weighted by Crippen LogP contribution is 2.28. The molecule has 0 radical (unpaired) electrons. The first-order valence-corrected chi connectivity index (χ1v) is 8.96. The molecular weight excluding hydrogens is 386 g/mol. The van der Waals surface area contributed by atoms with Crippen LogP contribution in [0.5, 0.6) is 5.75 Å². The van der Waals surface area contributed by atoms with Crippen molar-refractivity contribution in [2.75, 3.05) is 17.7 Å². The lowest BCUT2D eigenvalue weighted by molar-refractivity contribution is -0.118. The summed E-state index contributed by atoms with van der Waals surface area (Å²) in [7, 11) is 1.50. The van der Waals surface area contributed by atoms with Crippen LogP contribution in [0.3, 0.4) is 0 Å². The van der Waals surface area contributed by atoms with Crippen molar-refractivity contribution in [2.45, 2.75) is 13.8 Å². The lowest BCUT2D eigenvalue weighted by atomic mass is 10.2. The Hall–Kier alpha value is -2.64. The van der Waals surface area contributed by atoms with E-state index in [1.54, 1.807) is 56.3 Å². The van der Waals surface area contributed by atoms with Gasteiger partial charge in [0.05, 0.1) is 23.4 Å². The number of thiocarbonyl (C=S) groups is 1. The standard InChI is InChI=1S/C19H20ClN3O3S/c1-11(2)17(24)22-15-9-8-12(10-16(15)26-3)21-19(27)23-18(25)13-6-4-5-7-14(13)20/h4-11H,1-3H3,(H,22,24)(H2,21,23,25,27). The van der Waals surface area contributed by atoms with Gasteiger partial charge in [0.2, 0.25) is 5.91 Å². The number of rotatable bonds is 5. The lowest BCUT2D eigenvalue weighted by Crippen LogP contribution is -2.34. The monoisotopic (exact) mass is 405 g/mol. The van der Waals surface area contributed by atoms with Gasteiger partial charge in [0.15, 0.2) is 5.11 Å². The highest BCUT2D eigenvalue weighted by Gasteiger charge is 2.13. The van der Waals surface area contributed by atoms with Gasteiger partial charge in [0.25, 0.3) is 5.91 Å². The summed E-state index contributed by atoms with van der Waals surface area (Å²) in [4.78, 5) is 24.1. The van der Waals surface area contributed by atoms with Gasteiger partial charge in [-0.15, -0.1) is 0 Å². The first-order chi connectivity index (χ1) is 12.8. The molecule has 0 atom stereocenters. The molecule has 0 spiro atoms. The highest BCUT2D eigenvalue weighted by molar-refractivity contribution is 7.80. The van der Waals surface area contributed by atoms with Crippen molar-refractivity contribution in [3.8, 4) is 5.75 Å². The third kappa shape index (κ3) is 5.67. The van der Waals surface area contributed by atoms with Gasteiger partial charge in [-0.25, -0.2) is 0 Å². The molecule has 142 valence electrons. The van der Waals surface area contributed by atoms with Crippen molar-refractivity contribution < 1.29 is 14.3 Å². The fraction of sp³-hybridized carbons (Fsp3) is 0.211. The zero-order chi connectivity index (χ0) is 20.0. The van der Waals surface area contributed by atoms with Crippen molar-refractivity contribution in [3.05, 3.63) is 53.1 Å². The Balaban J connectivity index is 2.06. The van der Waals surface area contributed by atoms with Crippen LogP contribution >= 0.6 is 23.8 Å². The van der Waals surface area contributed by atoms with E-state index in [0.29, 0.717) is 27.7 Å². The summed E-state index contributed by atoms with van der Waals surface area (Å²) in [5, 5.41) is 8.72. The summed E-state index contributed by atoms with van der Waals surface area (Å²) in [6.07, 6.45) is 0. The molecular formula is C19H20ClN3O3S. The van der Waals surface area contributed by atoms with Crippen LogP contribution < -0.4 is 20.7 Å². The first-order valence-electron chi connectivity index (χ1n) is 8.17. The molecule has 3 N–H and O–H groups in total. The van der Waals surface area contributed by atoms with E-state index in [1.165, 1.54) is 7.11 Å². The molecule has 6 nitrogen and oxygen atoms in total. The molecule has 0 unspecified atom stereocenters. The summed E-state index contributed by atoms with van der Waals surface area (Å²) in [5.74, 6) is -0.211. The molecule has 0 aliphatic carbocycles. The highest BCUT2D eigenvalue weighted by atomic mass is 35.5. The molecule has 27 heavy (non-hydrogen) atoms. The number of carbonyl (C=O) groups excluding carboxylic acids is 2. The number of nitrogens with one attached hydrogen (secondary N) is 3. The molecule has 0 saturated heterocycles. The number of benzene rings is 2. The van der Waals surface area contributed by atoms with E-state index in [-0.39, 0.29) is 16.9 Å². The molecule has 0 aliphatic heterocycles. The topological polar surface area (TPSA) is 79.5 Å². The largest absolute Gasteiger partial charge is 0.494 e. The Morgan fingerprint density at radius 3 is 2.44 bits per heavy atom. The molecule has 8 heteroatoms. The van der Waals surface area contributed by atoms with E-state index < -0.39 is 5.91 Å². The minimum absolute atomic E-state index is 0.112. The summed E-state index contributed by atoms with van der Waals surface area (Å²) in [6, 6.07) is 11.8. The average Bonchev–Trinajstić information content (AvgIpc) is 2.62. The van der Waals surface area contributed by atoms with Crippen LogP contribution in [0.1, 0.15) is 24.2 Å². The molecule has 2 amide bonds. The lowest BCUT2D eigenvalue weighted by Gasteiger charge is -2.15. The predicted molar refractivity (Wildman–Crippen MR) is 112 cm³/mol. The molecule has 2 rings (SSSR count). The second kappa shape index (κ2) is 9.34. The number of hydrogen-bond acceptors (Lipinski definition) is 4. The predicted octanol–water partition coefficient (Wildman–Crippen LogP) is 4.07. The van der Waals surface area contributed by atoms with Crippen molar-refractivity contribution in [2.24, 2.45) is 5.92 Å². The van der Waals surface area contributed by atoms with Crippen molar-refractivity contribution >= 4 is 52.1 Å². The number of anilines is 2. The minimum atomic E-state index is -0.411. The van der Waals surface area contributed by atoms with Crippen LogP contribution in [-0.4, -0.2) is 24.0 Å². The van der Waals surface area contributed by atoms with Crippen LogP contribution in [0, 0.1) is 5.92 Å². The number of carbonyl (C=O) groups is 2. The molecule has 2 aromatic carbocycles. The van der Waals surface area contributed by atoms with E-state index in [4.69, 9.17) is 28.6 Å². The van der Waals surface area contributed by atoms with Gasteiger partial charge >= 0.3 is 0 Å². The van der Waals surface area contributed by atoms with Crippen LogP contribution in [0.15, 0.2) is 42.5 Å². The van der Waals surface area contributed by atoms with Gasteiger partial charge in [0.1, 0.15) is 5.75 Å². The zero-order valence-electron chi connectivity index (χ0n) is 15.1. The molecule has 2 aromatic rings. The molecule has 0 fully saturated rings. The summed E-state index contributed by atoms with van der Waals surface area (Å²) in [6.45, 7) is 3.61. The van der Waals surface area contributed by atoms with E-state index >= 15 is 0 Å². The number of methoxy groups -OCH3 is 1. The van der Waals surface area contributed by atoms with Gasteiger partial charge in [-0.3, -0.25) is 14.9 Å². The normalized spacial score (nSPS) is 10.3. The second-order valence-corrected chi connectivity index (χ2v) is 6.76. The summed E-state index contributed by atoms with van der Waals surface area (Å²) >= 11 is 11.2. The van der Waals surface area contributed by atoms with Gasteiger partial charge in [-0.2, -0.15) is 0 Å². The minimum Gasteiger partial charge on any atom is -0.494 e. The first kappa shape index (κ1) is 20.7. The SMILES string of the molecule is COc1cc(NC(=S)NC(=O)c2ccccc2Cl)ccc1NC(=O)C(C)C. The van der Waals surface area contributed by atoms with E-state index in [9.17, 15) is 9.59 Å². The number of halogens is 1. The molecule has 0 saturated carbocycles. The smallest absolute Gasteiger partial charge is 0.258 e. The maximum atomic E-state index is 12.2. The van der Waals surface area contributed by atoms with Crippen molar-refractivity contribution in [1.29, 1.82) is 0 Å². The Bertz CT molecular complexity index is 871. The van der Waals surface area contributed by atoms with Crippen LogP contribution in [0.2, 0.25) is 5.02 Å². The number of amides is 2. The van der Waals surface area contributed by atoms with Gasteiger partial charge in [0, 0.05) is 17.7 Å². The van der Waals surface area contributed by atoms with E-state index in [1.807, 2.05) is 0 Å². The maximum absolute atomic E-state index is 12.2. The van der Waals surface area contributed by atoms with Crippen molar-refractivity contribution in [3.63, 3.8) is 0 Å². The molecule has 0 aliphatic rings. The Morgan fingerprint density at radius 1 is 1.11 bits per heavy atom. The third-order valence-electron chi connectivity index (χ3n) is 3.59. The van der Waals surface area contributed by atoms with Crippen molar-refractivity contribution in [1.82, 2.24) is 5.32 Å². The number of ether oxygens (including phenoxy) is 1. The number of hydrogen-bond donors (Lipinski definition) is 3. The quantitative estimate of drug-likeness (QED) is 0.653. The fourth-order valence-corrected chi connectivity index (χ4v) is 2.56. The molecule has 0 aromatic heterocycles. The Labute approximate surface area is 168 Å². The second-order valence-electron chi connectivity index (χ2n) is 5.95. The van der Waals surface area contributed by atoms with Gasteiger partial charge in [-0.1, -0.05) is 37.6 Å². The van der Waals surface area contributed by atoms with E-state index in [2.05, 4.69) is 16.0 Å². The maximum Gasteiger partial charge on any atom is 0.258 e. The van der Waals surface area contributed by atoms with Crippen LogP contribution in [0.25, 0.3) is 0 Å². The van der Waals surface area contributed by atoms with Crippen LogP contribution in [-0.2, 0) is 4.79 Å². The zero-order valence-corrected chi connectivity index (χ0v) is 16.7. The van der Waals surface area contributed by atoms with Gasteiger partial charge < -0.3 is 15.4 Å². The van der Waals surface area contributed by atoms with Gasteiger partial charge in [-0.05, 0) is 36.5 Å². The fourth-order valence-electron chi connectivity index (χ4n) is 2.13. The third-order valence-corrected chi connectivity index (χ3v) is 4.12. The molecule has 0 heterocycles. The Kier molecular flexibility index (Phi) is 7.15. The molecule has 0 bridgehead atoms. The van der Waals surface area contributed by atoms with E-state index in [0.717, 1.165) is 0 Å². The summed E-state index contributed by atoms with van der Waals surface area (Å²) < 4.78 is 5.31. The van der Waals surface area contributed by atoms with Crippen LogP contribution in [0.4, 0.5) is 11.4 Å².